The molecular formula is C21H27BrN2O3. The molecule has 2 aliphatic carbocycles. The monoisotopic (exact) mass is 434 g/mol. The van der Waals surface area contributed by atoms with Crippen molar-refractivity contribution < 1.29 is 14.3 Å². The van der Waals surface area contributed by atoms with Crippen molar-refractivity contribution in [2.75, 3.05) is 13.7 Å². The molecular weight excluding hydrogens is 408 g/mol. The Hall–Kier alpha value is -1.40. The number of benzene rings is 1. The molecule has 2 fully saturated rings. The number of carbonyl (C=O) groups excluding carboxylic acids is 2. The van der Waals surface area contributed by atoms with Crippen LogP contribution in [0.15, 0.2) is 22.7 Å². The lowest BCUT2D eigenvalue weighted by atomic mass is 9.52. The Kier molecular flexibility index (Phi) is 4.24. The minimum Gasteiger partial charge on any atom is -0.379 e. The fourth-order valence-corrected chi connectivity index (χ4v) is 6.35. The van der Waals surface area contributed by atoms with Gasteiger partial charge in [0.15, 0.2) is 5.54 Å². The molecule has 0 aromatic heterocycles. The fraction of sp³-hybridized carbons (Fsp3) is 0.619. The third kappa shape index (κ3) is 2.20. The number of ether oxygens (including phenoxy) is 1. The summed E-state index contributed by atoms with van der Waals surface area (Å²) in [7, 11) is 1.58. The molecule has 1 aromatic rings. The first-order valence-corrected chi connectivity index (χ1v) is 10.5. The molecule has 5 nitrogen and oxygen atoms in total. The molecule has 1 saturated carbocycles. The number of carbonyl (C=O) groups is 2. The number of hydrogen-bond donors (Lipinski definition) is 1. The molecule has 0 radical (unpaired) electrons. The standard InChI is InChI=1S/C21H27BrN2O3/c1-5-27-14-8-10-20(11-9-14)19(2,3)15-7-6-13(22)12-16(15)21(20)17(25)24(4)18(26)23-21/h6-7,12,14H,5,8-11H2,1-4H3,(H,23,26). The first-order chi connectivity index (χ1) is 12.7. The van der Waals surface area contributed by atoms with E-state index in [0.717, 1.165) is 41.3 Å². The van der Waals surface area contributed by atoms with E-state index in [0.29, 0.717) is 6.61 Å². The lowest BCUT2D eigenvalue weighted by molar-refractivity contribution is -0.141. The molecule has 146 valence electrons. The van der Waals surface area contributed by atoms with Gasteiger partial charge in [-0.05, 0) is 61.3 Å². The number of likely N-dealkylation sites (N-methyl/N-ethyl adjacent to an activating group) is 1. The normalized spacial score (nSPS) is 34.4. The van der Waals surface area contributed by atoms with Gasteiger partial charge < -0.3 is 10.1 Å². The zero-order valence-electron chi connectivity index (χ0n) is 16.4. The molecule has 1 unspecified atom stereocenters. The van der Waals surface area contributed by atoms with Crippen LogP contribution in [-0.4, -0.2) is 36.6 Å². The Labute approximate surface area is 169 Å². The summed E-state index contributed by atoms with van der Waals surface area (Å²) in [6.45, 7) is 7.19. The van der Waals surface area contributed by atoms with E-state index in [9.17, 15) is 9.59 Å². The van der Waals surface area contributed by atoms with Crippen molar-refractivity contribution >= 4 is 27.9 Å². The summed E-state index contributed by atoms with van der Waals surface area (Å²) in [5.74, 6) is -0.132. The molecule has 3 amide bonds. The second-order valence-corrected chi connectivity index (χ2v) is 9.51. The largest absolute Gasteiger partial charge is 0.379 e. The number of nitrogens with one attached hydrogen (secondary N) is 1. The van der Waals surface area contributed by atoms with Gasteiger partial charge in [0.25, 0.3) is 5.91 Å². The van der Waals surface area contributed by atoms with Crippen LogP contribution in [0.25, 0.3) is 0 Å². The van der Waals surface area contributed by atoms with Crippen LogP contribution in [0.2, 0.25) is 0 Å². The molecule has 3 aliphatic rings. The maximum Gasteiger partial charge on any atom is 0.325 e. The van der Waals surface area contributed by atoms with Gasteiger partial charge >= 0.3 is 6.03 Å². The molecule has 1 atom stereocenters. The summed E-state index contributed by atoms with van der Waals surface area (Å²) in [4.78, 5) is 27.4. The highest BCUT2D eigenvalue weighted by Crippen LogP contribution is 2.68. The average Bonchev–Trinajstić information content (AvgIpc) is 2.95. The van der Waals surface area contributed by atoms with Crippen LogP contribution in [0.5, 0.6) is 0 Å². The maximum atomic E-state index is 13.6. The van der Waals surface area contributed by atoms with E-state index in [-0.39, 0.29) is 28.9 Å². The topological polar surface area (TPSA) is 58.6 Å². The smallest absolute Gasteiger partial charge is 0.325 e. The SMILES string of the molecule is CCOC1CCC2(CC1)C(C)(C)c1ccc(Br)cc1C21NC(=O)N(C)C1=O. The molecule has 2 spiro atoms. The van der Waals surface area contributed by atoms with Crippen LogP contribution < -0.4 is 5.32 Å². The van der Waals surface area contributed by atoms with Crippen LogP contribution in [0.1, 0.15) is 57.6 Å². The number of halogens is 1. The summed E-state index contributed by atoms with van der Waals surface area (Å²) >= 11 is 3.57. The van der Waals surface area contributed by atoms with Crippen molar-refractivity contribution in [1.82, 2.24) is 10.2 Å². The predicted octanol–water partition coefficient (Wildman–Crippen LogP) is 4.08. The lowest BCUT2D eigenvalue weighted by Gasteiger charge is -2.53. The number of urea groups is 1. The van der Waals surface area contributed by atoms with Gasteiger partial charge in [-0.15, -0.1) is 0 Å². The van der Waals surface area contributed by atoms with E-state index in [1.165, 1.54) is 4.90 Å². The van der Waals surface area contributed by atoms with Crippen molar-refractivity contribution in [2.45, 2.75) is 63.5 Å². The van der Waals surface area contributed by atoms with Crippen molar-refractivity contribution in [3.63, 3.8) is 0 Å². The molecule has 1 aliphatic heterocycles. The molecule has 0 bridgehead atoms. The third-order valence-electron chi connectivity index (χ3n) is 7.39. The van der Waals surface area contributed by atoms with Crippen LogP contribution in [0, 0.1) is 5.41 Å². The third-order valence-corrected chi connectivity index (χ3v) is 7.88. The number of hydrogen-bond acceptors (Lipinski definition) is 3. The van der Waals surface area contributed by atoms with Crippen molar-refractivity contribution in [3.05, 3.63) is 33.8 Å². The van der Waals surface area contributed by atoms with Gasteiger partial charge in [0.05, 0.1) is 6.10 Å². The molecule has 1 N–H and O–H groups in total. The number of imide groups is 1. The van der Waals surface area contributed by atoms with Crippen LogP contribution in [0.3, 0.4) is 0 Å². The van der Waals surface area contributed by atoms with Gasteiger partial charge in [-0.25, -0.2) is 4.79 Å². The molecule has 1 saturated heterocycles. The predicted molar refractivity (Wildman–Crippen MR) is 106 cm³/mol. The van der Waals surface area contributed by atoms with E-state index >= 15 is 0 Å². The van der Waals surface area contributed by atoms with Crippen molar-refractivity contribution in [3.8, 4) is 0 Å². The van der Waals surface area contributed by atoms with Crippen molar-refractivity contribution in [1.29, 1.82) is 0 Å². The fourth-order valence-electron chi connectivity index (χ4n) is 5.99. The summed E-state index contributed by atoms with van der Waals surface area (Å²) in [5.41, 5.74) is 0.491. The second kappa shape index (κ2) is 6.05. The van der Waals surface area contributed by atoms with Gasteiger partial charge in [0.2, 0.25) is 0 Å². The van der Waals surface area contributed by atoms with Crippen LogP contribution in [-0.2, 0) is 20.5 Å². The van der Waals surface area contributed by atoms with Crippen LogP contribution >= 0.6 is 15.9 Å². The Morgan fingerprint density at radius 3 is 2.44 bits per heavy atom. The highest BCUT2D eigenvalue weighted by molar-refractivity contribution is 9.10. The molecule has 6 heteroatoms. The Balaban J connectivity index is 1.92. The number of amides is 3. The van der Waals surface area contributed by atoms with E-state index < -0.39 is 5.54 Å². The molecule has 1 aromatic carbocycles. The zero-order valence-corrected chi connectivity index (χ0v) is 18.0. The van der Waals surface area contributed by atoms with Gasteiger partial charge in [-0.1, -0.05) is 35.8 Å². The summed E-state index contributed by atoms with van der Waals surface area (Å²) in [6.07, 6.45) is 3.73. The summed E-state index contributed by atoms with van der Waals surface area (Å²) in [5, 5.41) is 3.15. The van der Waals surface area contributed by atoms with Gasteiger partial charge in [-0.2, -0.15) is 0 Å². The van der Waals surface area contributed by atoms with Gasteiger partial charge in [0.1, 0.15) is 0 Å². The van der Waals surface area contributed by atoms with Gasteiger partial charge in [-0.3, -0.25) is 9.69 Å². The first kappa shape index (κ1) is 18.9. The minimum atomic E-state index is -1.00. The van der Waals surface area contributed by atoms with E-state index in [1.807, 2.05) is 19.1 Å². The van der Waals surface area contributed by atoms with Crippen LogP contribution in [0.4, 0.5) is 4.79 Å². The number of fused-ring (bicyclic) bond motifs is 3. The Bertz CT molecular complexity index is 814. The first-order valence-electron chi connectivity index (χ1n) is 9.73. The highest BCUT2D eigenvalue weighted by Gasteiger charge is 2.73. The Morgan fingerprint density at radius 1 is 1.22 bits per heavy atom. The van der Waals surface area contributed by atoms with Gasteiger partial charge in [0, 0.05) is 23.5 Å². The average molecular weight is 435 g/mol. The number of rotatable bonds is 2. The summed E-state index contributed by atoms with van der Waals surface area (Å²) in [6, 6.07) is 5.86. The summed E-state index contributed by atoms with van der Waals surface area (Å²) < 4.78 is 6.80. The van der Waals surface area contributed by atoms with E-state index in [1.54, 1.807) is 7.05 Å². The quantitative estimate of drug-likeness (QED) is 0.713. The molecule has 4 rings (SSSR count). The minimum absolute atomic E-state index is 0.132. The Morgan fingerprint density at radius 2 is 1.89 bits per heavy atom. The molecule has 27 heavy (non-hydrogen) atoms. The lowest BCUT2D eigenvalue weighted by Crippen LogP contribution is -2.61. The second-order valence-electron chi connectivity index (χ2n) is 8.60. The highest BCUT2D eigenvalue weighted by atomic mass is 79.9. The van der Waals surface area contributed by atoms with Crippen molar-refractivity contribution in [2.24, 2.45) is 5.41 Å². The van der Waals surface area contributed by atoms with E-state index in [4.69, 9.17) is 4.74 Å². The molecule has 1 heterocycles. The number of nitrogens with zero attached hydrogens (tertiary/aromatic N) is 1. The zero-order chi connectivity index (χ0) is 19.6. The van der Waals surface area contributed by atoms with E-state index in [2.05, 4.69) is 41.2 Å². The maximum absolute atomic E-state index is 13.6.